The SMILES string of the molecule is Nc1cc(Cl)c(Cc2cc(Cl)c(N)c(Cl)c2)cc1Cl. The molecule has 0 aromatic heterocycles. The van der Waals surface area contributed by atoms with Crippen LogP contribution in [-0.2, 0) is 6.42 Å². The molecule has 4 N–H and O–H groups in total. The van der Waals surface area contributed by atoms with E-state index in [0.29, 0.717) is 37.9 Å². The van der Waals surface area contributed by atoms with Gasteiger partial charge in [0.25, 0.3) is 0 Å². The van der Waals surface area contributed by atoms with Crippen LogP contribution < -0.4 is 11.5 Å². The Balaban J connectivity index is 2.39. The van der Waals surface area contributed by atoms with Gasteiger partial charge in [-0.1, -0.05) is 46.4 Å². The lowest BCUT2D eigenvalue weighted by molar-refractivity contribution is 1.19. The van der Waals surface area contributed by atoms with Crippen LogP contribution in [0.25, 0.3) is 0 Å². The molecule has 0 saturated heterocycles. The lowest BCUT2D eigenvalue weighted by Crippen LogP contribution is -1.95. The lowest BCUT2D eigenvalue weighted by Gasteiger charge is -2.09. The van der Waals surface area contributed by atoms with Crippen molar-refractivity contribution in [2.75, 3.05) is 11.5 Å². The van der Waals surface area contributed by atoms with Gasteiger partial charge in [0.2, 0.25) is 0 Å². The van der Waals surface area contributed by atoms with Gasteiger partial charge in [-0.3, -0.25) is 0 Å². The number of nitrogen functional groups attached to an aromatic ring is 2. The average Bonchev–Trinajstić information content (AvgIpc) is 2.33. The molecule has 0 bridgehead atoms. The number of halogens is 4. The maximum atomic E-state index is 6.13. The van der Waals surface area contributed by atoms with E-state index < -0.39 is 0 Å². The third-order valence-electron chi connectivity index (χ3n) is 2.70. The Bertz CT molecular complexity index is 618. The molecule has 2 rings (SSSR count). The largest absolute Gasteiger partial charge is 0.397 e. The van der Waals surface area contributed by atoms with E-state index in [4.69, 9.17) is 57.9 Å². The molecular weight excluding hydrogens is 326 g/mol. The Morgan fingerprint density at radius 3 is 1.89 bits per heavy atom. The maximum absolute atomic E-state index is 6.13. The van der Waals surface area contributed by atoms with Gasteiger partial charge in [-0.25, -0.2) is 0 Å². The quantitative estimate of drug-likeness (QED) is 0.754. The summed E-state index contributed by atoms with van der Waals surface area (Å²) in [6, 6.07) is 6.86. The van der Waals surface area contributed by atoms with Crippen molar-refractivity contribution in [3.05, 3.63) is 55.5 Å². The van der Waals surface area contributed by atoms with Crippen LogP contribution in [-0.4, -0.2) is 0 Å². The first-order valence-electron chi connectivity index (χ1n) is 5.35. The Morgan fingerprint density at radius 2 is 1.32 bits per heavy atom. The van der Waals surface area contributed by atoms with Crippen molar-refractivity contribution in [2.24, 2.45) is 0 Å². The van der Waals surface area contributed by atoms with Gasteiger partial charge in [0.15, 0.2) is 0 Å². The second kappa shape index (κ2) is 5.68. The van der Waals surface area contributed by atoms with Crippen LogP contribution in [0.5, 0.6) is 0 Å². The molecule has 0 heterocycles. The maximum Gasteiger partial charge on any atom is 0.0693 e. The van der Waals surface area contributed by atoms with E-state index in [2.05, 4.69) is 0 Å². The molecule has 2 nitrogen and oxygen atoms in total. The highest BCUT2D eigenvalue weighted by molar-refractivity contribution is 6.39. The zero-order chi connectivity index (χ0) is 14.2. The van der Waals surface area contributed by atoms with Crippen molar-refractivity contribution in [1.29, 1.82) is 0 Å². The van der Waals surface area contributed by atoms with Gasteiger partial charge < -0.3 is 11.5 Å². The summed E-state index contributed by atoms with van der Waals surface area (Å²) in [7, 11) is 0. The lowest BCUT2D eigenvalue weighted by atomic mass is 10.0. The van der Waals surface area contributed by atoms with Crippen LogP contribution in [0.2, 0.25) is 20.1 Å². The fourth-order valence-corrected chi connectivity index (χ4v) is 2.66. The molecule has 100 valence electrons. The third-order valence-corrected chi connectivity index (χ3v) is 4.00. The molecule has 0 aliphatic heterocycles. The van der Waals surface area contributed by atoms with Gasteiger partial charge in [-0.2, -0.15) is 0 Å². The first-order chi connectivity index (χ1) is 8.88. The minimum absolute atomic E-state index is 0.369. The minimum atomic E-state index is 0.369. The second-order valence-corrected chi connectivity index (χ2v) is 5.74. The molecule has 0 atom stereocenters. The molecule has 2 aromatic rings. The third kappa shape index (κ3) is 3.21. The molecule has 0 unspecified atom stereocenters. The minimum Gasteiger partial charge on any atom is -0.397 e. The average molecular weight is 336 g/mol. The fraction of sp³-hybridized carbons (Fsp3) is 0.0769. The van der Waals surface area contributed by atoms with Gasteiger partial charge in [0.05, 0.1) is 26.4 Å². The monoisotopic (exact) mass is 334 g/mol. The van der Waals surface area contributed by atoms with Crippen molar-refractivity contribution >= 4 is 57.8 Å². The second-order valence-electron chi connectivity index (χ2n) is 4.12. The van der Waals surface area contributed by atoms with Crippen molar-refractivity contribution in [3.63, 3.8) is 0 Å². The Morgan fingerprint density at radius 1 is 0.737 bits per heavy atom. The number of anilines is 2. The van der Waals surface area contributed by atoms with Gasteiger partial charge in [0, 0.05) is 5.02 Å². The van der Waals surface area contributed by atoms with Gasteiger partial charge in [-0.15, -0.1) is 0 Å². The molecule has 0 spiro atoms. The summed E-state index contributed by atoms with van der Waals surface area (Å²) in [5.41, 5.74) is 13.9. The van der Waals surface area contributed by atoms with E-state index >= 15 is 0 Å². The molecule has 19 heavy (non-hydrogen) atoms. The molecule has 0 aliphatic rings. The predicted molar refractivity (Wildman–Crippen MR) is 84.6 cm³/mol. The summed E-state index contributed by atoms with van der Waals surface area (Å²) in [5, 5.41) is 1.85. The number of hydrogen-bond donors (Lipinski definition) is 2. The number of hydrogen-bond acceptors (Lipinski definition) is 2. The molecular formula is C13H10Cl4N2. The first kappa shape index (κ1) is 14.6. The highest BCUT2D eigenvalue weighted by Gasteiger charge is 2.09. The van der Waals surface area contributed by atoms with E-state index in [0.717, 1.165) is 11.1 Å². The summed E-state index contributed by atoms with van der Waals surface area (Å²) < 4.78 is 0. The van der Waals surface area contributed by atoms with Crippen LogP contribution >= 0.6 is 46.4 Å². The van der Waals surface area contributed by atoms with Gasteiger partial charge in [0.1, 0.15) is 0 Å². The summed E-state index contributed by atoms with van der Waals surface area (Å²) in [6.45, 7) is 0. The van der Waals surface area contributed by atoms with E-state index in [1.165, 1.54) is 0 Å². The van der Waals surface area contributed by atoms with Crippen LogP contribution in [0.3, 0.4) is 0 Å². The van der Waals surface area contributed by atoms with Crippen molar-refractivity contribution in [3.8, 4) is 0 Å². The van der Waals surface area contributed by atoms with Crippen molar-refractivity contribution < 1.29 is 0 Å². The smallest absolute Gasteiger partial charge is 0.0693 e. The van der Waals surface area contributed by atoms with Crippen LogP contribution in [0.1, 0.15) is 11.1 Å². The highest BCUT2D eigenvalue weighted by Crippen LogP contribution is 2.32. The number of rotatable bonds is 2. The van der Waals surface area contributed by atoms with Crippen LogP contribution in [0, 0.1) is 0 Å². The normalized spacial score (nSPS) is 10.7. The fourth-order valence-electron chi connectivity index (χ4n) is 1.70. The molecule has 0 radical (unpaired) electrons. The van der Waals surface area contributed by atoms with E-state index in [9.17, 15) is 0 Å². The Kier molecular flexibility index (Phi) is 4.36. The molecule has 2 aromatic carbocycles. The van der Waals surface area contributed by atoms with Crippen molar-refractivity contribution in [2.45, 2.75) is 6.42 Å². The summed E-state index contributed by atoms with van der Waals surface area (Å²) in [5.74, 6) is 0. The molecule has 0 saturated carbocycles. The Hall–Kier alpha value is -0.800. The molecule has 0 aliphatic carbocycles. The van der Waals surface area contributed by atoms with Crippen LogP contribution in [0.4, 0.5) is 11.4 Å². The summed E-state index contributed by atoms with van der Waals surface area (Å²) >= 11 is 24.1. The van der Waals surface area contributed by atoms with Crippen LogP contribution in [0.15, 0.2) is 24.3 Å². The molecule has 0 amide bonds. The predicted octanol–water partition coefficient (Wildman–Crippen LogP) is 5.06. The number of nitrogens with two attached hydrogens (primary N) is 2. The topological polar surface area (TPSA) is 52.0 Å². The zero-order valence-electron chi connectivity index (χ0n) is 9.68. The first-order valence-corrected chi connectivity index (χ1v) is 6.86. The van der Waals surface area contributed by atoms with Crippen molar-refractivity contribution in [1.82, 2.24) is 0 Å². The highest BCUT2D eigenvalue weighted by atomic mass is 35.5. The van der Waals surface area contributed by atoms with E-state index in [1.807, 2.05) is 0 Å². The van der Waals surface area contributed by atoms with Gasteiger partial charge >= 0.3 is 0 Å². The summed E-state index contributed by atoms with van der Waals surface area (Å²) in [4.78, 5) is 0. The molecule has 6 heteroatoms. The Labute approximate surface area is 131 Å². The zero-order valence-corrected chi connectivity index (χ0v) is 12.7. The van der Waals surface area contributed by atoms with Gasteiger partial charge in [-0.05, 0) is 41.8 Å². The van der Waals surface area contributed by atoms with E-state index in [-0.39, 0.29) is 0 Å². The summed E-state index contributed by atoms with van der Waals surface area (Å²) in [6.07, 6.45) is 0.540. The standard InChI is InChI=1S/C13H10Cl4N2/c14-8-5-12(18)9(15)4-7(8)1-6-2-10(16)13(19)11(17)3-6/h2-5H,1,18-19H2. The number of benzene rings is 2. The van der Waals surface area contributed by atoms with E-state index in [1.54, 1.807) is 24.3 Å². The molecule has 0 fully saturated rings.